The summed E-state index contributed by atoms with van der Waals surface area (Å²) < 4.78 is 1.23. The van der Waals surface area contributed by atoms with Gasteiger partial charge in [-0.3, -0.25) is 0 Å². The molecular weight excluding hydrogens is 298 g/mol. The van der Waals surface area contributed by atoms with Crippen molar-refractivity contribution in [1.82, 2.24) is 5.32 Å². The minimum absolute atomic E-state index is 0.487. The van der Waals surface area contributed by atoms with Crippen molar-refractivity contribution in [3.63, 3.8) is 0 Å². The molecule has 1 atom stereocenters. The van der Waals surface area contributed by atoms with Gasteiger partial charge in [0.25, 0.3) is 0 Å². The van der Waals surface area contributed by atoms with E-state index in [1.165, 1.54) is 54.1 Å². The molecule has 0 heterocycles. The molecule has 2 heteroatoms. The van der Waals surface area contributed by atoms with Crippen molar-refractivity contribution in [2.45, 2.75) is 65.3 Å². The molecule has 0 aliphatic rings. The minimum atomic E-state index is 0.487. The fourth-order valence-corrected chi connectivity index (χ4v) is 3.02. The van der Waals surface area contributed by atoms with Gasteiger partial charge in [-0.2, -0.15) is 0 Å². The summed E-state index contributed by atoms with van der Waals surface area (Å²) in [6, 6.07) is 7.13. The van der Waals surface area contributed by atoms with Crippen LogP contribution in [-0.4, -0.2) is 6.54 Å². The minimum Gasteiger partial charge on any atom is -0.310 e. The second-order valence-electron chi connectivity index (χ2n) is 5.34. The Labute approximate surface area is 127 Å². The lowest BCUT2D eigenvalue weighted by Crippen LogP contribution is -2.21. The van der Waals surface area contributed by atoms with Gasteiger partial charge in [0, 0.05) is 10.5 Å². The SMILES string of the molecule is CCCCCCCC(NCC)c1cc(C)ccc1Br. The van der Waals surface area contributed by atoms with Gasteiger partial charge in [-0.05, 0) is 31.5 Å². The van der Waals surface area contributed by atoms with Crippen LogP contribution >= 0.6 is 15.9 Å². The highest BCUT2D eigenvalue weighted by molar-refractivity contribution is 9.10. The zero-order valence-electron chi connectivity index (χ0n) is 12.6. The third-order valence-electron chi connectivity index (χ3n) is 3.57. The predicted octanol–water partition coefficient (Wildman–Crippen LogP) is 5.77. The van der Waals surface area contributed by atoms with Crippen LogP contribution in [0.2, 0.25) is 0 Å². The van der Waals surface area contributed by atoms with Crippen molar-refractivity contribution < 1.29 is 0 Å². The summed E-state index contributed by atoms with van der Waals surface area (Å²) in [5, 5.41) is 3.63. The second-order valence-corrected chi connectivity index (χ2v) is 6.19. The Morgan fingerprint density at radius 1 is 1.11 bits per heavy atom. The smallest absolute Gasteiger partial charge is 0.0331 e. The van der Waals surface area contributed by atoms with Crippen LogP contribution in [0.1, 0.15) is 69.5 Å². The third kappa shape index (κ3) is 6.09. The van der Waals surface area contributed by atoms with Gasteiger partial charge in [-0.15, -0.1) is 0 Å². The van der Waals surface area contributed by atoms with E-state index in [1.807, 2.05) is 0 Å². The Morgan fingerprint density at radius 2 is 1.84 bits per heavy atom. The molecule has 0 saturated heterocycles. The topological polar surface area (TPSA) is 12.0 Å². The number of rotatable bonds is 9. The van der Waals surface area contributed by atoms with E-state index in [0.717, 1.165) is 6.54 Å². The van der Waals surface area contributed by atoms with Crippen LogP contribution < -0.4 is 5.32 Å². The average Bonchev–Trinajstić information content (AvgIpc) is 2.40. The molecule has 0 saturated carbocycles. The number of aryl methyl sites for hydroxylation is 1. The van der Waals surface area contributed by atoms with Crippen LogP contribution in [0.5, 0.6) is 0 Å². The zero-order valence-corrected chi connectivity index (χ0v) is 14.2. The van der Waals surface area contributed by atoms with Gasteiger partial charge in [-0.1, -0.05) is 79.6 Å². The molecule has 0 fully saturated rings. The van der Waals surface area contributed by atoms with Crippen LogP contribution in [0, 0.1) is 6.92 Å². The summed E-state index contributed by atoms with van der Waals surface area (Å²) in [7, 11) is 0. The van der Waals surface area contributed by atoms with Crippen LogP contribution in [0.3, 0.4) is 0 Å². The normalized spacial score (nSPS) is 12.6. The highest BCUT2D eigenvalue weighted by Crippen LogP contribution is 2.28. The second kappa shape index (κ2) is 9.55. The van der Waals surface area contributed by atoms with E-state index in [2.05, 4.69) is 60.2 Å². The first-order valence-corrected chi connectivity index (χ1v) is 8.47. The monoisotopic (exact) mass is 325 g/mol. The number of nitrogens with one attached hydrogen (secondary N) is 1. The molecular formula is C17H28BrN. The molecule has 1 nitrogen and oxygen atoms in total. The highest BCUT2D eigenvalue weighted by atomic mass is 79.9. The summed E-state index contributed by atoms with van der Waals surface area (Å²) in [5.74, 6) is 0. The molecule has 19 heavy (non-hydrogen) atoms. The van der Waals surface area contributed by atoms with Gasteiger partial charge in [0.05, 0.1) is 0 Å². The van der Waals surface area contributed by atoms with Gasteiger partial charge in [0.15, 0.2) is 0 Å². The van der Waals surface area contributed by atoms with E-state index < -0.39 is 0 Å². The van der Waals surface area contributed by atoms with E-state index in [1.54, 1.807) is 0 Å². The van der Waals surface area contributed by atoms with Crippen LogP contribution in [-0.2, 0) is 0 Å². The molecule has 0 aliphatic heterocycles. The molecule has 1 N–H and O–H groups in total. The average molecular weight is 326 g/mol. The van der Waals surface area contributed by atoms with E-state index in [0.29, 0.717) is 6.04 Å². The summed E-state index contributed by atoms with van der Waals surface area (Å²) >= 11 is 3.69. The standard InChI is InChI=1S/C17H28BrN/c1-4-6-7-8-9-10-17(19-5-2)15-13-14(3)11-12-16(15)18/h11-13,17,19H,4-10H2,1-3H3. The molecule has 0 aromatic heterocycles. The van der Waals surface area contributed by atoms with Crippen LogP contribution in [0.15, 0.2) is 22.7 Å². The van der Waals surface area contributed by atoms with Gasteiger partial charge in [-0.25, -0.2) is 0 Å². The first-order chi connectivity index (χ1) is 9.19. The predicted molar refractivity (Wildman–Crippen MR) is 88.7 cm³/mol. The van der Waals surface area contributed by atoms with Gasteiger partial charge in [0.2, 0.25) is 0 Å². The lowest BCUT2D eigenvalue weighted by Gasteiger charge is -2.20. The van der Waals surface area contributed by atoms with Crippen LogP contribution in [0.25, 0.3) is 0 Å². The zero-order chi connectivity index (χ0) is 14.1. The summed E-state index contributed by atoms with van der Waals surface area (Å²) in [6.45, 7) is 7.65. The lowest BCUT2D eigenvalue weighted by atomic mass is 9.98. The number of hydrogen-bond donors (Lipinski definition) is 1. The maximum absolute atomic E-state index is 3.69. The number of benzene rings is 1. The molecule has 1 unspecified atom stereocenters. The van der Waals surface area contributed by atoms with E-state index >= 15 is 0 Å². The first kappa shape index (κ1) is 16.7. The molecule has 0 aliphatic carbocycles. The number of unbranched alkanes of at least 4 members (excludes halogenated alkanes) is 4. The molecule has 1 aromatic carbocycles. The van der Waals surface area contributed by atoms with Crippen molar-refractivity contribution in [2.75, 3.05) is 6.54 Å². The maximum Gasteiger partial charge on any atom is 0.0331 e. The van der Waals surface area contributed by atoms with Crippen LogP contribution in [0.4, 0.5) is 0 Å². The Morgan fingerprint density at radius 3 is 2.53 bits per heavy atom. The molecule has 0 bridgehead atoms. The molecule has 0 radical (unpaired) electrons. The Hall–Kier alpha value is -0.340. The lowest BCUT2D eigenvalue weighted by molar-refractivity contribution is 0.477. The van der Waals surface area contributed by atoms with Crippen molar-refractivity contribution in [3.8, 4) is 0 Å². The quantitative estimate of drug-likeness (QED) is 0.568. The molecule has 1 aromatic rings. The fourth-order valence-electron chi connectivity index (χ4n) is 2.50. The molecule has 108 valence electrons. The van der Waals surface area contributed by atoms with Crippen molar-refractivity contribution in [3.05, 3.63) is 33.8 Å². The molecule has 0 amide bonds. The summed E-state index contributed by atoms with van der Waals surface area (Å²) in [6.07, 6.45) is 7.99. The Balaban J connectivity index is 2.58. The van der Waals surface area contributed by atoms with Gasteiger partial charge >= 0.3 is 0 Å². The maximum atomic E-state index is 3.69. The van der Waals surface area contributed by atoms with Crippen molar-refractivity contribution in [2.24, 2.45) is 0 Å². The van der Waals surface area contributed by atoms with Crippen molar-refractivity contribution >= 4 is 15.9 Å². The molecule has 1 rings (SSSR count). The number of halogens is 1. The van der Waals surface area contributed by atoms with E-state index in [4.69, 9.17) is 0 Å². The largest absolute Gasteiger partial charge is 0.310 e. The Kier molecular flexibility index (Phi) is 8.40. The first-order valence-electron chi connectivity index (χ1n) is 7.68. The number of hydrogen-bond acceptors (Lipinski definition) is 1. The van der Waals surface area contributed by atoms with Gasteiger partial charge in [0.1, 0.15) is 0 Å². The third-order valence-corrected chi connectivity index (χ3v) is 4.30. The fraction of sp³-hybridized carbons (Fsp3) is 0.647. The summed E-state index contributed by atoms with van der Waals surface area (Å²) in [4.78, 5) is 0. The highest BCUT2D eigenvalue weighted by Gasteiger charge is 2.13. The van der Waals surface area contributed by atoms with Crippen molar-refractivity contribution in [1.29, 1.82) is 0 Å². The van der Waals surface area contributed by atoms with E-state index in [-0.39, 0.29) is 0 Å². The summed E-state index contributed by atoms with van der Waals surface area (Å²) in [5.41, 5.74) is 2.75. The molecule has 0 spiro atoms. The Bertz CT molecular complexity index is 362. The van der Waals surface area contributed by atoms with Gasteiger partial charge < -0.3 is 5.32 Å². The van der Waals surface area contributed by atoms with E-state index in [9.17, 15) is 0 Å².